The van der Waals surface area contributed by atoms with Crippen molar-refractivity contribution in [3.8, 4) is 0 Å². The monoisotopic (exact) mass is 361 g/mol. The van der Waals surface area contributed by atoms with E-state index < -0.39 is 28.3 Å². The summed E-state index contributed by atoms with van der Waals surface area (Å²) in [6, 6.07) is 0. The predicted molar refractivity (Wildman–Crippen MR) is 88.9 cm³/mol. The normalized spacial score (nSPS) is 15.1. The van der Waals surface area contributed by atoms with Crippen molar-refractivity contribution in [1.82, 2.24) is 0 Å². The van der Waals surface area contributed by atoms with Crippen LogP contribution in [0.25, 0.3) is 0 Å². The highest BCUT2D eigenvalue weighted by Crippen LogP contribution is 2.72. The van der Waals surface area contributed by atoms with Gasteiger partial charge in [0.05, 0.1) is 35.9 Å². The van der Waals surface area contributed by atoms with Crippen LogP contribution in [0.4, 0.5) is 0 Å². The van der Waals surface area contributed by atoms with Gasteiger partial charge in [0, 0.05) is 0 Å². The first kappa shape index (κ1) is 19.6. The van der Waals surface area contributed by atoms with Gasteiger partial charge in [0.15, 0.2) is 5.00 Å². The molecule has 0 heterocycles. The van der Waals surface area contributed by atoms with Gasteiger partial charge in [0.25, 0.3) is 0 Å². The van der Waals surface area contributed by atoms with E-state index in [1.165, 1.54) is 0 Å². The van der Waals surface area contributed by atoms with Gasteiger partial charge in [-0.15, -0.1) is 0 Å². The second-order valence-corrected chi connectivity index (χ2v) is 15.4. The van der Waals surface area contributed by atoms with Gasteiger partial charge in [-0.2, -0.15) is 0 Å². The van der Waals surface area contributed by atoms with Crippen molar-refractivity contribution < 1.29 is 28.6 Å². The average molecular weight is 361 g/mol. The van der Waals surface area contributed by atoms with Gasteiger partial charge in [-0.1, -0.05) is 19.6 Å². The van der Waals surface area contributed by atoms with E-state index >= 15 is 0 Å². The quantitative estimate of drug-likeness (QED) is 0.392. The van der Waals surface area contributed by atoms with Crippen LogP contribution in [0.15, 0.2) is 0 Å². The summed E-state index contributed by atoms with van der Waals surface area (Å²) in [7, 11) is -10.7. The van der Waals surface area contributed by atoms with Crippen LogP contribution >= 0.6 is 15.2 Å². The molecule has 0 aromatic heterocycles. The van der Waals surface area contributed by atoms with E-state index in [4.69, 9.17) is 19.5 Å². The van der Waals surface area contributed by atoms with Crippen LogP contribution in [0.2, 0.25) is 19.6 Å². The summed E-state index contributed by atoms with van der Waals surface area (Å²) in [4.78, 5) is -2.04. The molecule has 0 radical (unpaired) electrons. The molecular formula is C12H30O6P2Si. The zero-order valence-corrected chi connectivity index (χ0v) is 17.0. The molecule has 128 valence electrons. The molecular weight excluding hydrogens is 330 g/mol. The van der Waals surface area contributed by atoms with Gasteiger partial charge in [-0.3, -0.25) is 9.13 Å². The first-order valence-electron chi connectivity index (χ1n) is 7.78. The maximum absolute atomic E-state index is 13.3. The van der Waals surface area contributed by atoms with Crippen LogP contribution in [-0.2, 0) is 27.2 Å². The molecule has 0 aromatic carbocycles. The van der Waals surface area contributed by atoms with Crippen LogP contribution in [0, 0.1) is 0 Å². The lowest BCUT2D eigenvalue weighted by atomic mass is 10.9. The fourth-order valence-corrected chi connectivity index (χ4v) is 13.2. The molecule has 0 N–H and O–H groups in total. The fraction of sp³-hybridized carbons (Fsp3) is 1.00. The van der Waals surface area contributed by atoms with Crippen LogP contribution in [0.3, 0.4) is 0 Å². The van der Waals surface area contributed by atoms with Crippen LogP contribution < -0.4 is 0 Å². The minimum Gasteiger partial charge on any atom is -0.308 e. The van der Waals surface area contributed by atoms with Crippen LogP contribution in [-0.4, -0.2) is 39.5 Å². The van der Waals surface area contributed by atoms with E-state index in [9.17, 15) is 9.13 Å². The highest BCUT2D eigenvalue weighted by Gasteiger charge is 2.57. The molecule has 0 saturated carbocycles. The Bertz CT molecular complexity index is 390. The molecule has 0 aromatic rings. The molecule has 0 rings (SSSR count). The summed E-state index contributed by atoms with van der Waals surface area (Å²) in [6.45, 7) is 12.3. The van der Waals surface area contributed by atoms with E-state index in [1.54, 1.807) is 47.3 Å². The molecule has 0 spiro atoms. The van der Waals surface area contributed by atoms with E-state index in [0.29, 0.717) is 0 Å². The average Bonchev–Trinajstić information content (AvgIpc) is 2.37. The van der Waals surface area contributed by atoms with Gasteiger partial charge in [0.1, 0.15) is 0 Å². The second-order valence-electron chi connectivity index (χ2n) is 5.24. The third kappa shape index (κ3) is 5.90. The summed E-state index contributed by atoms with van der Waals surface area (Å²) < 4.78 is 57.0. The molecule has 9 heteroatoms. The maximum atomic E-state index is 13.3. The summed E-state index contributed by atoms with van der Waals surface area (Å²) in [5, 5.41) is 0. The molecule has 0 fully saturated rings. The van der Waals surface area contributed by atoms with E-state index in [-0.39, 0.29) is 26.4 Å². The number of hydrogen-bond donors (Lipinski definition) is 0. The molecule has 0 aliphatic rings. The van der Waals surface area contributed by atoms with Crippen molar-refractivity contribution in [2.24, 2.45) is 0 Å². The Balaban J connectivity index is 6.38. The largest absolute Gasteiger partial charge is 0.342 e. The highest BCUT2D eigenvalue weighted by molar-refractivity contribution is 7.77. The Labute approximate surface area is 131 Å². The summed E-state index contributed by atoms with van der Waals surface area (Å²) >= 11 is 0. The van der Waals surface area contributed by atoms with Gasteiger partial charge < -0.3 is 18.1 Å². The van der Waals surface area contributed by atoms with E-state index in [1.807, 2.05) is 0 Å². The summed E-state index contributed by atoms with van der Waals surface area (Å²) in [6.07, 6.45) is 0. The third-order valence-electron chi connectivity index (χ3n) is 2.39. The molecule has 0 aliphatic heterocycles. The van der Waals surface area contributed by atoms with Crippen molar-refractivity contribution >= 4 is 23.3 Å². The molecule has 0 atom stereocenters. The molecule has 6 nitrogen and oxygen atoms in total. The van der Waals surface area contributed by atoms with Crippen LogP contribution in [0.5, 0.6) is 0 Å². The summed E-state index contributed by atoms with van der Waals surface area (Å²) in [5.74, 6) is 0. The highest BCUT2D eigenvalue weighted by atomic mass is 31.2. The van der Waals surface area contributed by atoms with Gasteiger partial charge in [0.2, 0.25) is 0 Å². The predicted octanol–water partition coefficient (Wildman–Crippen LogP) is 4.72. The molecule has 0 unspecified atom stereocenters. The lowest BCUT2D eigenvalue weighted by Gasteiger charge is -2.37. The van der Waals surface area contributed by atoms with Crippen molar-refractivity contribution in [2.45, 2.75) is 52.3 Å². The Hall–Kier alpha value is 0.517. The number of hydrogen-bond acceptors (Lipinski definition) is 6. The topological polar surface area (TPSA) is 71.1 Å². The first-order valence-corrected chi connectivity index (χ1v) is 13.9. The Kier molecular flexibility index (Phi) is 8.36. The zero-order chi connectivity index (χ0) is 17.7. The van der Waals surface area contributed by atoms with E-state index in [2.05, 4.69) is 0 Å². The van der Waals surface area contributed by atoms with Gasteiger partial charge in [-0.25, -0.2) is 0 Å². The van der Waals surface area contributed by atoms with Crippen molar-refractivity contribution in [1.29, 1.82) is 0 Å². The van der Waals surface area contributed by atoms with Crippen molar-refractivity contribution in [3.05, 3.63) is 0 Å². The Morgan fingerprint density at radius 3 is 1.19 bits per heavy atom. The lowest BCUT2D eigenvalue weighted by molar-refractivity contribution is 0.202. The first-order chi connectivity index (χ1) is 9.99. The SMILES string of the molecule is [2H]C([Si](C)(C)C)(P(=O)(OCC)OCC)P(=O)(OCC)OCC. The van der Waals surface area contributed by atoms with Crippen molar-refractivity contribution in [3.63, 3.8) is 0 Å². The second kappa shape index (κ2) is 8.97. The minimum absolute atomic E-state index is 0.0840. The zero-order valence-electron chi connectivity index (χ0n) is 15.2. The Morgan fingerprint density at radius 2 is 1.05 bits per heavy atom. The third-order valence-corrected chi connectivity index (χ3v) is 14.3. The minimum atomic E-state index is -4.03. The van der Waals surface area contributed by atoms with Crippen LogP contribution in [0.1, 0.15) is 29.1 Å². The van der Waals surface area contributed by atoms with E-state index in [0.717, 1.165) is 0 Å². The Morgan fingerprint density at radius 1 is 0.810 bits per heavy atom. The molecule has 0 amide bonds. The number of rotatable bonds is 11. The lowest BCUT2D eigenvalue weighted by Crippen LogP contribution is -2.40. The van der Waals surface area contributed by atoms with Crippen molar-refractivity contribution in [2.75, 3.05) is 26.4 Å². The molecule has 0 saturated heterocycles. The van der Waals surface area contributed by atoms with Gasteiger partial charge in [-0.05, 0) is 27.7 Å². The van der Waals surface area contributed by atoms with Gasteiger partial charge >= 0.3 is 15.2 Å². The summed E-state index contributed by atoms with van der Waals surface area (Å²) in [5.41, 5.74) is 0. The molecule has 0 aliphatic carbocycles. The smallest absolute Gasteiger partial charge is 0.308 e. The maximum Gasteiger partial charge on any atom is 0.342 e. The molecule has 21 heavy (non-hydrogen) atoms. The standard InChI is InChI=1S/C12H30O6P2Si/c1-8-15-19(13,16-9-2)12(21(5,6)7)20(14,17-10-3)18-11-4/h12H,8-11H2,1-7H3/i12D. The fourth-order valence-electron chi connectivity index (χ4n) is 1.97. The molecule has 0 bridgehead atoms.